The minimum absolute atomic E-state index is 1.03. The van der Waals surface area contributed by atoms with Gasteiger partial charge >= 0.3 is 0 Å². The van der Waals surface area contributed by atoms with Crippen LogP contribution in [0.3, 0.4) is 0 Å². The molecule has 0 radical (unpaired) electrons. The van der Waals surface area contributed by atoms with Crippen molar-refractivity contribution in [1.29, 1.82) is 0 Å². The second-order valence-electron chi connectivity index (χ2n) is 5.74. The van der Waals surface area contributed by atoms with Crippen LogP contribution in [0.15, 0.2) is 0 Å². The molecule has 96 valence electrons. The van der Waals surface area contributed by atoms with Gasteiger partial charge in [-0.25, -0.2) is 0 Å². The second-order valence-corrected chi connectivity index (χ2v) is 5.74. The molecule has 0 aromatic carbocycles. The van der Waals surface area contributed by atoms with Crippen LogP contribution in [0, 0.1) is 11.8 Å². The molecule has 0 aromatic rings. The molecule has 0 saturated heterocycles. The monoisotopic (exact) mass is 224 g/mol. The third-order valence-electron chi connectivity index (χ3n) is 4.62. The van der Waals surface area contributed by atoms with E-state index in [2.05, 4.69) is 13.8 Å². The Morgan fingerprint density at radius 1 is 0.562 bits per heavy atom. The van der Waals surface area contributed by atoms with Crippen LogP contribution in [0.4, 0.5) is 0 Å². The van der Waals surface area contributed by atoms with Crippen LogP contribution >= 0.6 is 0 Å². The summed E-state index contributed by atoms with van der Waals surface area (Å²) in [6, 6.07) is 0. The van der Waals surface area contributed by atoms with Gasteiger partial charge in [-0.15, -0.1) is 0 Å². The van der Waals surface area contributed by atoms with E-state index in [4.69, 9.17) is 0 Å². The van der Waals surface area contributed by atoms with Crippen LogP contribution in [-0.4, -0.2) is 0 Å². The van der Waals surface area contributed by atoms with Crippen LogP contribution < -0.4 is 0 Å². The molecule has 0 aliphatic heterocycles. The molecule has 16 heavy (non-hydrogen) atoms. The van der Waals surface area contributed by atoms with E-state index < -0.39 is 0 Å². The van der Waals surface area contributed by atoms with E-state index in [1.807, 2.05) is 0 Å². The van der Waals surface area contributed by atoms with Crippen molar-refractivity contribution in [2.45, 2.75) is 90.9 Å². The summed E-state index contributed by atoms with van der Waals surface area (Å²) in [7, 11) is 0. The largest absolute Gasteiger partial charge is 0.0651 e. The molecule has 0 amide bonds. The van der Waals surface area contributed by atoms with Crippen molar-refractivity contribution in [3.8, 4) is 0 Å². The Labute approximate surface area is 103 Å². The van der Waals surface area contributed by atoms with E-state index in [1.54, 1.807) is 0 Å². The number of hydrogen-bond acceptors (Lipinski definition) is 0. The fourth-order valence-electron chi connectivity index (χ4n) is 3.42. The topological polar surface area (TPSA) is 0 Å². The fraction of sp³-hybridized carbons (Fsp3) is 1.00. The van der Waals surface area contributed by atoms with Gasteiger partial charge in [-0.1, -0.05) is 90.9 Å². The van der Waals surface area contributed by atoms with Gasteiger partial charge in [0.1, 0.15) is 0 Å². The zero-order valence-corrected chi connectivity index (χ0v) is 11.6. The van der Waals surface area contributed by atoms with Crippen LogP contribution in [0.1, 0.15) is 90.9 Å². The van der Waals surface area contributed by atoms with Crippen molar-refractivity contribution in [2.24, 2.45) is 11.8 Å². The molecule has 0 nitrogen and oxygen atoms in total. The van der Waals surface area contributed by atoms with Gasteiger partial charge < -0.3 is 0 Å². The lowest BCUT2D eigenvalue weighted by atomic mass is 9.80. The zero-order valence-electron chi connectivity index (χ0n) is 11.6. The zero-order chi connectivity index (χ0) is 11.6. The molecule has 0 bridgehead atoms. The van der Waals surface area contributed by atoms with Crippen LogP contribution in [0.2, 0.25) is 0 Å². The first kappa shape index (κ1) is 14.1. The molecular weight excluding hydrogens is 192 g/mol. The van der Waals surface area contributed by atoms with E-state index in [9.17, 15) is 0 Å². The quantitative estimate of drug-likeness (QED) is 0.543. The smallest absolute Gasteiger partial charge is 0.0389 e. The molecule has 0 spiro atoms. The highest BCUT2D eigenvalue weighted by atomic mass is 14.2. The summed E-state index contributed by atoms with van der Waals surface area (Å²) in [5.41, 5.74) is 0. The SMILES string of the molecule is CCC1CCCCCCCCCCC1CC. The van der Waals surface area contributed by atoms with Gasteiger partial charge in [0.25, 0.3) is 0 Å². The minimum Gasteiger partial charge on any atom is -0.0651 e. The van der Waals surface area contributed by atoms with Crippen molar-refractivity contribution in [3.63, 3.8) is 0 Å². The molecule has 0 heterocycles. The Morgan fingerprint density at radius 3 is 1.19 bits per heavy atom. The minimum atomic E-state index is 1.03. The van der Waals surface area contributed by atoms with E-state index in [1.165, 1.54) is 77.0 Å². The van der Waals surface area contributed by atoms with Gasteiger partial charge in [0.2, 0.25) is 0 Å². The number of hydrogen-bond donors (Lipinski definition) is 0. The Hall–Kier alpha value is 0. The van der Waals surface area contributed by atoms with Crippen LogP contribution in [-0.2, 0) is 0 Å². The van der Waals surface area contributed by atoms with Gasteiger partial charge in [0, 0.05) is 0 Å². The normalized spacial score (nSPS) is 30.4. The summed E-state index contributed by atoms with van der Waals surface area (Å²) in [5.74, 6) is 2.06. The van der Waals surface area contributed by atoms with E-state index >= 15 is 0 Å². The maximum atomic E-state index is 2.40. The van der Waals surface area contributed by atoms with Crippen molar-refractivity contribution in [2.75, 3.05) is 0 Å². The average molecular weight is 224 g/mol. The van der Waals surface area contributed by atoms with E-state index in [0.717, 1.165) is 11.8 Å². The molecule has 1 rings (SSSR count). The molecule has 1 aliphatic rings. The third kappa shape index (κ3) is 5.37. The molecular formula is C16H32. The molecule has 1 fully saturated rings. The van der Waals surface area contributed by atoms with Crippen molar-refractivity contribution < 1.29 is 0 Å². The molecule has 2 atom stereocenters. The maximum Gasteiger partial charge on any atom is -0.0389 e. The first-order valence-electron chi connectivity index (χ1n) is 7.88. The summed E-state index contributed by atoms with van der Waals surface area (Å²) in [4.78, 5) is 0. The Kier molecular flexibility index (Phi) is 7.98. The lowest BCUT2D eigenvalue weighted by molar-refractivity contribution is 0.260. The van der Waals surface area contributed by atoms with E-state index in [-0.39, 0.29) is 0 Å². The lowest BCUT2D eigenvalue weighted by Gasteiger charge is -2.26. The van der Waals surface area contributed by atoms with Gasteiger partial charge in [-0.3, -0.25) is 0 Å². The first-order chi connectivity index (χ1) is 7.88. The highest BCUT2D eigenvalue weighted by Crippen LogP contribution is 2.30. The predicted octanol–water partition coefficient (Wildman–Crippen LogP) is 5.95. The average Bonchev–Trinajstić information content (AvgIpc) is 2.30. The molecule has 1 saturated carbocycles. The molecule has 0 heteroatoms. The van der Waals surface area contributed by atoms with Gasteiger partial charge in [-0.2, -0.15) is 0 Å². The number of rotatable bonds is 2. The first-order valence-corrected chi connectivity index (χ1v) is 7.88. The molecule has 1 aliphatic carbocycles. The summed E-state index contributed by atoms with van der Waals surface area (Å²) in [6.07, 6.45) is 17.8. The van der Waals surface area contributed by atoms with Crippen molar-refractivity contribution in [3.05, 3.63) is 0 Å². The molecule has 2 unspecified atom stereocenters. The lowest BCUT2D eigenvalue weighted by Crippen LogP contribution is -2.14. The van der Waals surface area contributed by atoms with E-state index in [0.29, 0.717) is 0 Å². The summed E-state index contributed by atoms with van der Waals surface area (Å²) in [5, 5.41) is 0. The fourth-order valence-corrected chi connectivity index (χ4v) is 3.42. The van der Waals surface area contributed by atoms with Crippen LogP contribution in [0.5, 0.6) is 0 Å². The second kappa shape index (κ2) is 9.07. The van der Waals surface area contributed by atoms with Gasteiger partial charge in [0.05, 0.1) is 0 Å². The molecule has 0 aromatic heterocycles. The van der Waals surface area contributed by atoms with Gasteiger partial charge in [0.15, 0.2) is 0 Å². The Bertz CT molecular complexity index is 132. The van der Waals surface area contributed by atoms with Crippen molar-refractivity contribution in [1.82, 2.24) is 0 Å². The highest BCUT2D eigenvalue weighted by Gasteiger charge is 2.17. The summed E-state index contributed by atoms with van der Waals surface area (Å²) in [6.45, 7) is 4.80. The molecule has 0 N–H and O–H groups in total. The van der Waals surface area contributed by atoms with Crippen LogP contribution in [0.25, 0.3) is 0 Å². The predicted molar refractivity (Wildman–Crippen MR) is 73.7 cm³/mol. The maximum absolute atomic E-state index is 2.40. The standard InChI is InChI=1S/C16H32/c1-3-15-13-11-9-7-5-6-8-10-12-14-16(15)4-2/h15-16H,3-14H2,1-2H3. The van der Waals surface area contributed by atoms with Crippen molar-refractivity contribution >= 4 is 0 Å². The Balaban J connectivity index is 2.38. The highest BCUT2D eigenvalue weighted by molar-refractivity contribution is 4.69. The Morgan fingerprint density at radius 2 is 0.875 bits per heavy atom. The summed E-state index contributed by atoms with van der Waals surface area (Å²) >= 11 is 0. The van der Waals surface area contributed by atoms with Gasteiger partial charge in [-0.05, 0) is 11.8 Å². The third-order valence-corrected chi connectivity index (χ3v) is 4.62. The summed E-state index contributed by atoms with van der Waals surface area (Å²) < 4.78 is 0.